The van der Waals surface area contributed by atoms with Gasteiger partial charge in [0.1, 0.15) is 0 Å². The van der Waals surface area contributed by atoms with Crippen LogP contribution in [0.1, 0.15) is 39.5 Å². The zero-order valence-electron chi connectivity index (χ0n) is 10.1. The highest BCUT2D eigenvalue weighted by molar-refractivity contribution is 7.86. The van der Waals surface area contributed by atoms with Crippen LogP contribution in [0.4, 0.5) is 13.2 Å². The summed E-state index contributed by atoms with van der Waals surface area (Å²) < 4.78 is 61.3. The van der Waals surface area contributed by atoms with Crippen molar-refractivity contribution in [1.29, 1.82) is 0 Å². The normalized spacial score (nSPS) is 13.4. The maximum Gasteiger partial charge on any atom is 0.490 e. The Morgan fingerprint density at radius 3 is 1.89 bits per heavy atom. The van der Waals surface area contributed by atoms with Gasteiger partial charge in [0.25, 0.3) is 10.1 Å². The minimum Gasteiger partial charge on any atom is -0.475 e. The van der Waals surface area contributed by atoms with E-state index in [0.29, 0.717) is 6.42 Å². The smallest absolute Gasteiger partial charge is 0.475 e. The number of rotatable bonds is 5. The van der Waals surface area contributed by atoms with Crippen LogP contribution >= 0.6 is 0 Å². The fourth-order valence-electron chi connectivity index (χ4n) is 0.831. The van der Waals surface area contributed by atoms with Crippen molar-refractivity contribution < 1.29 is 36.0 Å². The van der Waals surface area contributed by atoms with E-state index in [1.807, 2.05) is 0 Å². The first-order valence-corrected chi connectivity index (χ1v) is 6.69. The Kier molecular flexibility index (Phi) is 9.00. The molecule has 0 heterocycles. The number of carboxylic acid groups (broad SMARTS) is 1. The number of carboxylic acids is 1. The van der Waals surface area contributed by atoms with E-state index in [1.165, 1.54) is 6.92 Å². The van der Waals surface area contributed by atoms with E-state index in [0.717, 1.165) is 19.3 Å². The molecule has 0 fully saturated rings. The van der Waals surface area contributed by atoms with E-state index in [-0.39, 0.29) is 0 Å². The molecule has 5 nitrogen and oxygen atoms in total. The van der Waals surface area contributed by atoms with Gasteiger partial charge in [0, 0.05) is 0 Å². The lowest BCUT2D eigenvalue weighted by atomic mass is 10.2. The number of halogens is 3. The summed E-state index contributed by atoms with van der Waals surface area (Å²) in [6.45, 7) is 3.59. The molecule has 0 aromatic rings. The second kappa shape index (κ2) is 8.30. The van der Waals surface area contributed by atoms with E-state index < -0.39 is 27.5 Å². The lowest BCUT2D eigenvalue weighted by Gasteiger charge is -2.05. The molecule has 1 unspecified atom stereocenters. The fraction of sp³-hybridized carbons (Fsp3) is 0.889. The molecule has 0 saturated carbocycles. The van der Waals surface area contributed by atoms with Gasteiger partial charge in [-0.15, -0.1) is 0 Å². The Morgan fingerprint density at radius 1 is 1.28 bits per heavy atom. The van der Waals surface area contributed by atoms with Crippen LogP contribution in [0.25, 0.3) is 0 Å². The molecule has 1 atom stereocenters. The zero-order valence-corrected chi connectivity index (χ0v) is 10.9. The van der Waals surface area contributed by atoms with Crippen molar-refractivity contribution in [2.24, 2.45) is 0 Å². The van der Waals surface area contributed by atoms with E-state index in [4.69, 9.17) is 14.5 Å². The van der Waals surface area contributed by atoms with Crippen molar-refractivity contribution in [2.75, 3.05) is 0 Å². The molecule has 0 aliphatic rings. The quantitative estimate of drug-likeness (QED) is 0.600. The predicted octanol–water partition coefficient (Wildman–Crippen LogP) is 2.48. The Morgan fingerprint density at radius 2 is 1.67 bits per heavy atom. The van der Waals surface area contributed by atoms with Crippen molar-refractivity contribution >= 4 is 16.1 Å². The molecule has 18 heavy (non-hydrogen) atoms. The van der Waals surface area contributed by atoms with Gasteiger partial charge in [-0.25, -0.2) is 4.79 Å². The SMILES string of the molecule is CCCCCC(C)S(=O)(=O)O.O=C(O)C(F)(F)F. The molecule has 0 aromatic heterocycles. The van der Waals surface area contributed by atoms with Gasteiger partial charge in [0.05, 0.1) is 5.25 Å². The highest BCUT2D eigenvalue weighted by Gasteiger charge is 2.38. The van der Waals surface area contributed by atoms with E-state index >= 15 is 0 Å². The molecule has 0 aromatic carbocycles. The van der Waals surface area contributed by atoms with Crippen LogP contribution in [0.15, 0.2) is 0 Å². The van der Waals surface area contributed by atoms with Crippen LogP contribution in [0.3, 0.4) is 0 Å². The van der Waals surface area contributed by atoms with Crippen LogP contribution in [0.2, 0.25) is 0 Å². The minimum absolute atomic E-state index is 0.562. The summed E-state index contributed by atoms with van der Waals surface area (Å²) in [6, 6.07) is 0. The molecule has 0 saturated heterocycles. The van der Waals surface area contributed by atoms with Gasteiger partial charge < -0.3 is 5.11 Å². The van der Waals surface area contributed by atoms with Gasteiger partial charge in [-0.1, -0.05) is 26.2 Å². The van der Waals surface area contributed by atoms with Gasteiger partial charge in [0.2, 0.25) is 0 Å². The van der Waals surface area contributed by atoms with Gasteiger partial charge in [0.15, 0.2) is 0 Å². The molecular weight excluding hydrogens is 277 g/mol. The first-order chi connectivity index (χ1) is 7.92. The Hall–Kier alpha value is -0.830. The van der Waals surface area contributed by atoms with Crippen LogP contribution in [-0.2, 0) is 14.9 Å². The summed E-state index contributed by atoms with van der Waals surface area (Å²) in [5, 5.41) is 6.52. The number of aliphatic carboxylic acids is 1. The van der Waals surface area contributed by atoms with E-state index in [1.54, 1.807) is 0 Å². The number of hydrogen-bond donors (Lipinski definition) is 2. The maximum atomic E-state index is 10.6. The molecule has 0 rings (SSSR count). The van der Waals surface area contributed by atoms with Crippen LogP contribution in [-0.4, -0.2) is 35.5 Å². The Labute approximate surface area is 104 Å². The van der Waals surface area contributed by atoms with Crippen molar-refractivity contribution in [3.63, 3.8) is 0 Å². The fourth-order valence-corrected chi connectivity index (χ4v) is 1.30. The summed E-state index contributed by atoms with van der Waals surface area (Å²) in [5.41, 5.74) is 0. The van der Waals surface area contributed by atoms with E-state index in [9.17, 15) is 21.6 Å². The summed E-state index contributed by atoms with van der Waals surface area (Å²) in [6.07, 6.45) is -1.55. The highest BCUT2D eigenvalue weighted by atomic mass is 32.2. The van der Waals surface area contributed by atoms with Crippen molar-refractivity contribution in [3.8, 4) is 0 Å². The third-order valence-corrected chi connectivity index (χ3v) is 3.22. The highest BCUT2D eigenvalue weighted by Crippen LogP contribution is 2.13. The van der Waals surface area contributed by atoms with Crippen molar-refractivity contribution in [3.05, 3.63) is 0 Å². The van der Waals surface area contributed by atoms with Gasteiger partial charge >= 0.3 is 12.1 Å². The van der Waals surface area contributed by atoms with Crippen LogP contribution in [0, 0.1) is 0 Å². The van der Waals surface area contributed by atoms with Crippen LogP contribution < -0.4 is 0 Å². The van der Waals surface area contributed by atoms with Crippen molar-refractivity contribution in [1.82, 2.24) is 0 Å². The molecule has 2 N–H and O–H groups in total. The molecule has 0 aliphatic heterocycles. The summed E-state index contributed by atoms with van der Waals surface area (Å²) in [5.74, 6) is -2.76. The number of hydrogen-bond acceptors (Lipinski definition) is 3. The zero-order chi connectivity index (χ0) is 15.0. The summed E-state index contributed by atoms with van der Waals surface area (Å²) in [4.78, 5) is 8.90. The topological polar surface area (TPSA) is 91.7 Å². The second-order valence-electron chi connectivity index (χ2n) is 3.62. The molecule has 0 spiro atoms. The molecule has 0 radical (unpaired) electrons. The lowest BCUT2D eigenvalue weighted by Crippen LogP contribution is -2.21. The first-order valence-electron chi connectivity index (χ1n) is 5.19. The summed E-state index contributed by atoms with van der Waals surface area (Å²) >= 11 is 0. The Bertz CT molecular complexity index is 337. The minimum atomic E-state index is -5.08. The number of carbonyl (C=O) groups is 1. The second-order valence-corrected chi connectivity index (χ2v) is 5.46. The maximum absolute atomic E-state index is 10.6. The predicted molar refractivity (Wildman–Crippen MR) is 58.8 cm³/mol. The Balaban J connectivity index is 0. The molecule has 9 heteroatoms. The molecule has 0 bridgehead atoms. The average Bonchev–Trinajstić information content (AvgIpc) is 2.15. The lowest BCUT2D eigenvalue weighted by molar-refractivity contribution is -0.192. The standard InChI is InChI=1S/C7H16O3S.C2HF3O2/c1-3-4-5-6-7(2)11(8,9)10;3-2(4,5)1(6)7/h7H,3-6H2,1-2H3,(H,8,9,10);(H,6,7). The number of unbranched alkanes of at least 4 members (excludes halogenated alkanes) is 2. The van der Waals surface area contributed by atoms with Gasteiger partial charge in [-0.3, -0.25) is 4.55 Å². The molecule has 0 amide bonds. The molecule has 0 aliphatic carbocycles. The molecule has 110 valence electrons. The molecular formula is C9H17F3O5S. The third-order valence-electron chi connectivity index (χ3n) is 1.97. The average molecular weight is 294 g/mol. The van der Waals surface area contributed by atoms with E-state index in [2.05, 4.69) is 6.92 Å². The largest absolute Gasteiger partial charge is 0.490 e. The first kappa shape index (κ1) is 19.5. The third kappa shape index (κ3) is 11.6. The monoisotopic (exact) mass is 294 g/mol. The summed E-state index contributed by atoms with van der Waals surface area (Å²) in [7, 11) is -3.78. The number of alkyl halides is 3. The van der Waals surface area contributed by atoms with Crippen molar-refractivity contribution in [2.45, 2.75) is 51.0 Å². The van der Waals surface area contributed by atoms with Crippen LogP contribution in [0.5, 0.6) is 0 Å². The van der Waals surface area contributed by atoms with Gasteiger partial charge in [-0.2, -0.15) is 21.6 Å². The van der Waals surface area contributed by atoms with Gasteiger partial charge in [-0.05, 0) is 13.3 Å².